The van der Waals surface area contributed by atoms with Gasteiger partial charge in [-0.1, -0.05) is 48.5 Å². The van der Waals surface area contributed by atoms with E-state index in [2.05, 4.69) is 20.4 Å². The maximum absolute atomic E-state index is 12.6. The molecule has 0 unspecified atom stereocenters. The summed E-state index contributed by atoms with van der Waals surface area (Å²) in [6.07, 6.45) is 1.66. The molecule has 8 rings (SSSR count). The van der Waals surface area contributed by atoms with Crippen LogP contribution in [0.5, 0.6) is 11.5 Å². The van der Waals surface area contributed by atoms with Crippen molar-refractivity contribution in [3.8, 4) is 11.5 Å². The van der Waals surface area contributed by atoms with Crippen LogP contribution in [0.1, 0.15) is 108 Å². The molecule has 6 N–H and O–H groups in total. The summed E-state index contributed by atoms with van der Waals surface area (Å²) in [5.41, 5.74) is 20.1. The van der Waals surface area contributed by atoms with Crippen LogP contribution in [-0.2, 0) is 0 Å². The Kier molecular flexibility index (Phi) is 9.15. The summed E-state index contributed by atoms with van der Waals surface area (Å²) in [7, 11) is 0. The van der Waals surface area contributed by atoms with E-state index < -0.39 is 0 Å². The van der Waals surface area contributed by atoms with Gasteiger partial charge in [0.2, 0.25) is 0 Å². The van der Waals surface area contributed by atoms with Crippen LogP contribution in [0.2, 0.25) is 0 Å². The van der Waals surface area contributed by atoms with Crippen molar-refractivity contribution in [3.63, 3.8) is 0 Å². The molecule has 2 amide bonds. The predicted molar refractivity (Wildman–Crippen MR) is 195 cm³/mol. The average Bonchev–Trinajstić information content (AvgIpc) is 3.10. The molecule has 0 saturated carbocycles. The number of rotatable bonds is 6. The molecule has 4 atom stereocenters. The molecule has 4 heterocycles. The first-order valence-corrected chi connectivity index (χ1v) is 17.5. The van der Waals surface area contributed by atoms with Crippen LogP contribution in [0.3, 0.4) is 0 Å². The Labute approximate surface area is 293 Å². The van der Waals surface area contributed by atoms with Gasteiger partial charge >= 0.3 is 0 Å². The van der Waals surface area contributed by atoms with E-state index >= 15 is 0 Å². The number of hydrogen-bond acceptors (Lipinski definition) is 8. The summed E-state index contributed by atoms with van der Waals surface area (Å²) in [5.74, 6) is 1.58. The Morgan fingerprint density at radius 3 is 1.34 bits per heavy atom. The second kappa shape index (κ2) is 13.7. The van der Waals surface area contributed by atoms with E-state index in [4.69, 9.17) is 20.9 Å². The van der Waals surface area contributed by atoms with E-state index in [9.17, 15) is 9.59 Å². The maximum atomic E-state index is 12.6. The zero-order valence-corrected chi connectivity index (χ0v) is 29.1. The molecule has 0 fully saturated rings. The Morgan fingerprint density at radius 2 is 0.980 bits per heavy atom. The molecular formula is C40H46N6O4. The molecule has 4 aliphatic rings. The second-order valence-electron chi connectivity index (χ2n) is 13.9. The van der Waals surface area contributed by atoms with Gasteiger partial charge in [0.15, 0.2) is 0 Å². The van der Waals surface area contributed by atoms with E-state index in [-0.39, 0.29) is 48.4 Å². The Morgan fingerprint density at radius 1 is 0.600 bits per heavy atom. The summed E-state index contributed by atoms with van der Waals surface area (Å²) in [5, 5.41) is 6.26. The fraction of sp³-hybridized carbons (Fsp3) is 0.350. The second-order valence-corrected chi connectivity index (χ2v) is 13.9. The lowest BCUT2D eigenvalue weighted by Gasteiger charge is -2.44. The number of anilines is 2. The van der Waals surface area contributed by atoms with Crippen LogP contribution >= 0.6 is 0 Å². The van der Waals surface area contributed by atoms with Crippen molar-refractivity contribution in [3.05, 3.63) is 118 Å². The SMILES string of the molecule is CC(C)Oc1ccc([C@@H]2NC(=O)c3cccc4c3N2CC[C@H]4N)cc1.CC(C)Oc1ccc([C@H]2NC(=O)c3cccc4c3N2CC[C@@H]4N)cc1. The standard InChI is InChI=1S/2C20H23N3O2/c2*1-12(2)25-14-8-6-13(7-9-14)19-22-20(24)16-5-3-4-15-17(21)10-11-23(19)18(15)16/h2*3-9,12,17,19H,10-11,21H2,1-2H3,(H,22,24)/t2*17-,19-/m10/s1. The average molecular weight is 675 g/mol. The zero-order valence-electron chi connectivity index (χ0n) is 29.1. The number of benzene rings is 4. The molecule has 0 bridgehead atoms. The van der Waals surface area contributed by atoms with Crippen molar-refractivity contribution in [1.29, 1.82) is 0 Å². The third-order valence-electron chi connectivity index (χ3n) is 9.65. The molecule has 4 aromatic rings. The monoisotopic (exact) mass is 674 g/mol. The number of carbonyl (C=O) groups is 2. The predicted octanol–water partition coefficient (Wildman–Crippen LogP) is 6.25. The van der Waals surface area contributed by atoms with Crippen molar-refractivity contribution in [2.45, 2.75) is 77.2 Å². The quantitative estimate of drug-likeness (QED) is 0.189. The van der Waals surface area contributed by atoms with E-state index in [1.54, 1.807) is 0 Å². The van der Waals surface area contributed by atoms with Gasteiger partial charge in [-0.05, 0) is 99.2 Å². The maximum Gasteiger partial charge on any atom is 0.255 e. The molecule has 0 aliphatic carbocycles. The Hall–Kier alpha value is -5.06. The van der Waals surface area contributed by atoms with Crippen LogP contribution in [0, 0.1) is 0 Å². The van der Waals surface area contributed by atoms with Crippen LogP contribution in [0.25, 0.3) is 0 Å². The van der Waals surface area contributed by atoms with Crippen molar-refractivity contribution in [2.75, 3.05) is 22.9 Å². The van der Waals surface area contributed by atoms with Crippen molar-refractivity contribution >= 4 is 23.2 Å². The number of nitrogens with one attached hydrogen (secondary N) is 2. The third kappa shape index (κ3) is 6.36. The van der Waals surface area contributed by atoms with Gasteiger partial charge in [-0.3, -0.25) is 9.59 Å². The summed E-state index contributed by atoms with van der Waals surface area (Å²) >= 11 is 0. The molecule has 0 saturated heterocycles. The zero-order chi connectivity index (χ0) is 35.1. The Balaban J connectivity index is 0.000000157. The van der Waals surface area contributed by atoms with Gasteiger partial charge < -0.3 is 41.4 Å². The highest BCUT2D eigenvalue weighted by Gasteiger charge is 2.38. The molecule has 260 valence electrons. The van der Waals surface area contributed by atoms with Crippen LogP contribution in [0.15, 0.2) is 84.9 Å². The summed E-state index contributed by atoms with van der Waals surface area (Å²) in [4.78, 5) is 29.8. The lowest BCUT2D eigenvalue weighted by molar-refractivity contribution is 0.0916. The topological polar surface area (TPSA) is 135 Å². The number of ether oxygens (including phenoxy) is 2. The summed E-state index contributed by atoms with van der Waals surface area (Å²) < 4.78 is 11.4. The fourth-order valence-electron chi connectivity index (χ4n) is 7.42. The minimum absolute atomic E-state index is 0.0143. The molecule has 10 heteroatoms. The Bertz CT molecular complexity index is 1740. The van der Waals surface area contributed by atoms with Gasteiger partial charge in [0.1, 0.15) is 23.8 Å². The van der Waals surface area contributed by atoms with Crippen molar-refractivity contribution < 1.29 is 19.1 Å². The van der Waals surface area contributed by atoms with Crippen molar-refractivity contribution in [1.82, 2.24) is 10.6 Å². The highest BCUT2D eigenvalue weighted by atomic mass is 16.5. The van der Waals surface area contributed by atoms with Crippen LogP contribution < -0.4 is 41.4 Å². The van der Waals surface area contributed by atoms with Crippen LogP contribution in [-0.4, -0.2) is 37.1 Å². The number of nitrogens with two attached hydrogens (primary N) is 2. The lowest BCUT2D eigenvalue weighted by atomic mass is 9.90. The molecular weight excluding hydrogens is 628 g/mol. The normalized spacial score (nSPS) is 21.8. The highest BCUT2D eigenvalue weighted by molar-refractivity contribution is 6.04. The minimum Gasteiger partial charge on any atom is -0.491 e. The number of amides is 2. The van der Waals surface area contributed by atoms with Gasteiger partial charge in [-0.2, -0.15) is 0 Å². The van der Waals surface area contributed by atoms with Crippen LogP contribution in [0.4, 0.5) is 11.4 Å². The number of nitrogens with zero attached hydrogens (tertiary/aromatic N) is 2. The molecule has 0 aromatic heterocycles. The largest absolute Gasteiger partial charge is 0.491 e. The van der Waals surface area contributed by atoms with Gasteiger partial charge in [-0.25, -0.2) is 0 Å². The van der Waals surface area contributed by atoms with E-state index in [0.29, 0.717) is 11.1 Å². The third-order valence-corrected chi connectivity index (χ3v) is 9.65. The fourth-order valence-corrected chi connectivity index (χ4v) is 7.42. The first-order valence-electron chi connectivity index (χ1n) is 17.5. The lowest BCUT2D eigenvalue weighted by Crippen LogP contribution is -2.49. The molecule has 4 aromatic carbocycles. The summed E-state index contributed by atoms with van der Waals surface area (Å²) in [6, 6.07) is 27.5. The molecule has 0 spiro atoms. The smallest absolute Gasteiger partial charge is 0.255 e. The minimum atomic E-state index is -0.179. The number of para-hydroxylation sites is 2. The summed E-state index contributed by atoms with van der Waals surface area (Å²) in [6.45, 7) is 9.66. The molecule has 50 heavy (non-hydrogen) atoms. The van der Waals surface area contributed by atoms with E-state index in [0.717, 1.165) is 71.1 Å². The molecule has 0 radical (unpaired) electrons. The van der Waals surface area contributed by atoms with Gasteiger partial charge in [0, 0.05) is 25.2 Å². The molecule has 4 aliphatic heterocycles. The van der Waals surface area contributed by atoms with Gasteiger partial charge in [0.05, 0.1) is 34.7 Å². The number of carbonyl (C=O) groups excluding carboxylic acids is 2. The first-order chi connectivity index (χ1) is 24.1. The number of hydrogen-bond donors (Lipinski definition) is 4. The van der Waals surface area contributed by atoms with E-state index in [1.165, 1.54) is 0 Å². The molecule has 10 nitrogen and oxygen atoms in total. The highest BCUT2D eigenvalue weighted by Crippen LogP contribution is 2.43. The van der Waals surface area contributed by atoms with Gasteiger partial charge in [0.25, 0.3) is 11.8 Å². The van der Waals surface area contributed by atoms with E-state index in [1.807, 2.05) is 113 Å². The van der Waals surface area contributed by atoms with Crippen molar-refractivity contribution in [2.24, 2.45) is 11.5 Å². The first kappa shape index (κ1) is 33.4. The van der Waals surface area contributed by atoms with Gasteiger partial charge in [-0.15, -0.1) is 0 Å².